The number of amides is 1. The number of benzene rings is 1. The lowest BCUT2D eigenvalue weighted by molar-refractivity contribution is 0.0926. The van der Waals surface area contributed by atoms with Gasteiger partial charge in [-0.25, -0.2) is 0 Å². The zero-order chi connectivity index (χ0) is 19.5. The van der Waals surface area contributed by atoms with Crippen LogP contribution in [0.2, 0.25) is 0 Å². The first-order valence-corrected chi connectivity index (χ1v) is 9.22. The van der Waals surface area contributed by atoms with Gasteiger partial charge in [0.15, 0.2) is 11.7 Å². The number of anilines is 1. The topological polar surface area (TPSA) is 81.9 Å². The minimum absolute atomic E-state index is 0. The van der Waals surface area contributed by atoms with Gasteiger partial charge in [-0.1, -0.05) is 12.1 Å². The lowest BCUT2D eigenvalue weighted by Crippen LogP contribution is -2.44. The number of halogens is 1. The second kappa shape index (κ2) is 13.0. The summed E-state index contributed by atoms with van der Waals surface area (Å²) in [5, 5.41) is 9.27. The molecule has 1 aromatic heterocycles. The molecule has 0 unspecified atom stereocenters. The Morgan fingerprint density at radius 3 is 2.50 bits per heavy atom. The van der Waals surface area contributed by atoms with E-state index in [0.717, 1.165) is 19.6 Å². The molecule has 7 nitrogen and oxygen atoms in total. The molecule has 2 rings (SSSR count). The number of carbonyl (C=O) groups is 1. The molecule has 28 heavy (non-hydrogen) atoms. The van der Waals surface area contributed by atoms with Crippen LogP contribution in [0.4, 0.5) is 5.69 Å². The number of furan rings is 1. The van der Waals surface area contributed by atoms with Crippen LogP contribution in [0.3, 0.4) is 0 Å². The monoisotopic (exact) mass is 499 g/mol. The van der Waals surface area contributed by atoms with Gasteiger partial charge in [0.25, 0.3) is 5.91 Å². The Hall–Kier alpha value is -2.23. The number of guanidine groups is 1. The van der Waals surface area contributed by atoms with Crippen LogP contribution in [-0.2, 0) is 0 Å². The smallest absolute Gasteiger partial charge is 0.287 e. The van der Waals surface area contributed by atoms with Crippen molar-refractivity contribution in [2.45, 2.75) is 13.8 Å². The molecule has 1 aromatic carbocycles. The Balaban J connectivity index is 0.00000392. The van der Waals surface area contributed by atoms with Crippen LogP contribution in [0.25, 0.3) is 0 Å². The van der Waals surface area contributed by atoms with Crippen molar-refractivity contribution in [2.24, 2.45) is 4.99 Å². The third-order valence-corrected chi connectivity index (χ3v) is 4.09. The molecule has 0 aliphatic heterocycles. The van der Waals surface area contributed by atoms with Gasteiger partial charge in [-0.15, -0.1) is 24.0 Å². The fourth-order valence-corrected chi connectivity index (χ4v) is 2.68. The lowest BCUT2D eigenvalue weighted by Gasteiger charge is -2.24. The van der Waals surface area contributed by atoms with E-state index in [-0.39, 0.29) is 29.9 Å². The highest BCUT2D eigenvalue weighted by atomic mass is 127. The van der Waals surface area contributed by atoms with Gasteiger partial charge in [-0.2, -0.15) is 0 Å². The summed E-state index contributed by atoms with van der Waals surface area (Å²) >= 11 is 0. The highest BCUT2D eigenvalue weighted by Gasteiger charge is 2.07. The molecular weight excluding hydrogens is 469 g/mol. The summed E-state index contributed by atoms with van der Waals surface area (Å²) in [4.78, 5) is 18.3. The third-order valence-electron chi connectivity index (χ3n) is 4.09. The van der Waals surface area contributed by atoms with Gasteiger partial charge >= 0.3 is 0 Å². The van der Waals surface area contributed by atoms with E-state index in [0.29, 0.717) is 24.8 Å². The molecule has 0 radical (unpaired) electrons. The first kappa shape index (κ1) is 23.8. The zero-order valence-electron chi connectivity index (χ0n) is 16.7. The van der Waals surface area contributed by atoms with Crippen LogP contribution in [-0.4, -0.2) is 51.6 Å². The summed E-state index contributed by atoms with van der Waals surface area (Å²) in [5.74, 6) is 0.803. The first-order valence-electron chi connectivity index (χ1n) is 9.22. The molecule has 2 aromatic rings. The molecule has 0 saturated heterocycles. The van der Waals surface area contributed by atoms with E-state index in [9.17, 15) is 4.79 Å². The molecular formula is C20H30IN5O2. The summed E-state index contributed by atoms with van der Waals surface area (Å²) in [6, 6.07) is 11.8. The highest BCUT2D eigenvalue weighted by molar-refractivity contribution is 14.0. The number of likely N-dealkylation sites (N-methyl/N-ethyl adjacent to an activating group) is 1. The second-order valence-electron chi connectivity index (χ2n) is 6.08. The number of carbonyl (C=O) groups excluding carboxylic acids is 1. The van der Waals surface area contributed by atoms with Gasteiger partial charge in [-0.05, 0) is 43.7 Å². The predicted molar refractivity (Wildman–Crippen MR) is 125 cm³/mol. The summed E-state index contributed by atoms with van der Waals surface area (Å²) in [5.41, 5.74) is 2.48. The average molecular weight is 499 g/mol. The largest absolute Gasteiger partial charge is 0.459 e. The van der Waals surface area contributed by atoms with Crippen LogP contribution < -0.4 is 20.9 Å². The number of rotatable bonds is 9. The minimum Gasteiger partial charge on any atom is -0.459 e. The molecule has 3 N–H and O–H groups in total. The normalized spacial score (nSPS) is 10.8. The van der Waals surface area contributed by atoms with Gasteiger partial charge in [0.05, 0.1) is 6.26 Å². The fraction of sp³-hybridized carbons (Fsp3) is 0.400. The average Bonchev–Trinajstić information content (AvgIpc) is 3.21. The third kappa shape index (κ3) is 7.79. The van der Waals surface area contributed by atoms with E-state index in [4.69, 9.17) is 4.42 Å². The summed E-state index contributed by atoms with van der Waals surface area (Å²) < 4.78 is 5.05. The van der Waals surface area contributed by atoms with Gasteiger partial charge in [0.2, 0.25) is 0 Å². The Morgan fingerprint density at radius 1 is 1.11 bits per heavy atom. The Bertz CT molecular complexity index is 734. The zero-order valence-corrected chi connectivity index (χ0v) is 19.0. The molecule has 0 spiro atoms. The molecule has 0 bridgehead atoms. The maximum absolute atomic E-state index is 11.8. The molecule has 0 saturated carbocycles. The van der Waals surface area contributed by atoms with E-state index in [1.165, 1.54) is 17.5 Å². The standard InChI is InChI=1S/C20H29N5O2.HI/c1-4-25(17-8-5-7-16(2)15-17)13-12-24-20(21-3)23-11-10-22-19(26)18-9-6-14-27-18;/h5-9,14-15H,4,10-13H2,1-3H3,(H,22,26)(H2,21,23,24);1H. The Labute approximate surface area is 184 Å². The van der Waals surface area contributed by atoms with Crippen LogP contribution in [0.1, 0.15) is 23.0 Å². The van der Waals surface area contributed by atoms with Gasteiger partial charge in [0, 0.05) is 45.5 Å². The number of nitrogens with one attached hydrogen (secondary N) is 3. The van der Waals surface area contributed by atoms with Crippen molar-refractivity contribution in [1.29, 1.82) is 0 Å². The number of nitrogens with zero attached hydrogens (tertiary/aromatic N) is 2. The van der Waals surface area contributed by atoms with E-state index in [1.54, 1.807) is 19.2 Å². The van der Waals surface area contributed by atoms with Crippen molar-refractivity contribution >= 4 is 41.5 Å². The van der Waals surface area contributed by atoms with E-state index >= 15 is 0 Å². The summed E-state index contributed by atoms with van der Waals surface area (Å²) in [6.07, 6.45) is 1.48. The van der Waals surface area contributed by atoms with Crippen molar-refractivity contribution in [3.63, 3.8) is 0 Å². The van der Waals surface area contributed by atoms with Crippen LogP contribution in [0.5, 0.6) is 0 Å². The molecule has 0 fully saturated rings. The maximum atomic E-state index is 11.8. The molecule has 154 valence electrons. The molecule has 0 aliphatic carbocycles. The molecule has 0 aliphatic rings. The van der Waals surface area contributed by atoms with Crippen molar-refractivity contribution in [3.8, 4) is 0 Å². The van der Waals surface area contributed by atoms with Crippen molar-refractivity contribution in [1.82, 2.24) is 16.0 Å². The van der Waals surface area contributed by atoms with E-state index in [1.807, 2.05) is 0 Å². The number of aryl methyl sites for hydroxylation is 1. The summed E-state index contributed by atoms with van der Waals surface area (Å²) in [6.45, 7) is 7.88. The number of aliphatic imine (C=N–C) groups is 1. The second-order valence-corrected chi connectivity index (χ2v) is 6.08. The van der Waals surface area contributed by atoms with Crippen LogP contribution in [0.15, 0.2) is 52.1 Å². The Kier molecular flexibility index (Phi) is 11.1. The summed E-state index contributed by atoms with van der Waals surface area (Å²) in [7, 11) is 1.73. The van der Waals surface area contributed by atoms with E-state index in [2.05, 4.69) is 64.0 Å². The highest BCUT2D eigenvalue weighted by Crippen LogP contribution is 2.14. The van der Waals surface area contributed by atoms with E-state index < -0.39 is 0 Å². The Morgan fingerprint density at radius 2 is 1.86 bits per heavy atom. The quantitative estimate of drug-likeness (QED) is 0.214. The van der Waals surface area contributed by atoms with Crippen LogP contribution >= 0.6 is 24.0 Å². The van der Waals surface area contributed by atoms with Gasteiger partial charge in [0.1, 0.15) is 0 Å². The number of hydrogen-bond donors (Lipinski definition) is 3. The fourth-order valence-electron chi connectivity index (χ4n) is 2.68. The molecule has 1 heterocycles. The van der Waals surface area contributed by atoms with Crippen molar-refractivity contribution in [2.75, 3.05) is 44.7 Å². The SMILES string of the molecule is CCN(CCNC(=NC)NCCNC(=O)c1ccco1)c1cccc(C)c1.I. The van der Waals surface area contributed by atoms with Crippen LogP contribution in [0, 0.1) is 6.92 Å². The molecule has 0 atom stereocenters. The number of hydrogen-bond acceptors (Lipinski definition) is 4. The predicted octanol–water partition coefficient (Wildman–Crippen LogP) is 2.63. The van der Waals surface area contributed by atoms with Crippen molar-refractivity contribution in [3.05, 3.63) is 54.0 Å². The van der Waals surface area contributed by atoms with Crippen molar-refractivity contribution < 1.29 is 9.21 Å². The van der Waals surface area contributed by atoms with Gasteiger partial charge in [-0.3, -0.25) is 9.79 Å². The lowest BCUT2D eigenvalue weighted by atomic mass is 10.2. The molecule has 8 heteroatoms. The molecule has 1 amide bonds. The maximum Gasteiger partial charge on any atom is 0.287 e. The van der Waals surface area contributed by atoms with Gasteiger partial charge < -0.3 is 25.3 Å². The first-order chi connectivity index (χ1) is 13.1. The minimum atomic E-state index is -0.221.